The zero-order valence-corrected chi connectivity index (χ0v) is 28.0. The van der Waals surface area contributed by atoms with Crippen LogP contribution in [0.25, 0.3) is 5.57 Å². The number of ether oxygens (including phenoxy) is 1. The van der Waals surface area contributed by atoms with Crippen LogP contribution in [-0.2, 0) is 0 Å². The van der Waals surface area contributed by atoms with Gasteiger partial charge in [-0.05, 0) is 81.6 Å². The fourth-order valence-corrected chi connectivity index (χ4v) is 5.94. The lowest BCUT2D eigenvalue weighted by molar-refractivity contribution is 0.243. The molecule has 1 unspecified atom stereocenters. The van der Waals surface area contributed by atoms with Crippen molar-refractivity contribution in [2.75, 3.05) is 24.0 Å². The van der Waals surface area contributed by atoms with Crippen molar-refractivity contribution in [2.24, 2.45) is 0 Å². The van der Waals surface area contributed by atoms with Gasteiger partial charge in [0.25, 0.3) is 0 Å². The Morgan fingerprint density at radius 1 is 1.19 bits per heavy atom. The number of nitrogens with zero attached hydrogens (tertiary/aromatic N) is 4. The zero-order chi connectivity index (χ0) is 31.0. The molecule has 0 aliphatic carbocycles. The first kappa shape index (κ1) is 33.7. The maximum atomic E-state index is 11.2. The van der Waals surface area contributed by atoms with Crippen LogP contribution in [-0.4, -0.2) is 51.1 Å². The number of aromatic nitrogens is 2. The summed E-state index contributed by atoms with van der Waals surface area (Å²) in [6, 6.07) is 12.3. The molecule has 228 valence electrons. The minimum absolute atomic E-state index is 0.0180. The molecule has 9 heteroatoms. The normalized spacial score (nSPS) is 15.3. The Morgan fingerprint density at radius 3 is 2.57 bits per heavy atom. The fourth-order valence-electron chi connectivity index (χ4n) is 4.83. The van der Waals surface area contributed by atoms with Crippen molar-refractivity contribution >= 4 is 52.1 Å². The summed E-state index contributed by atoms with van der Waals surface area (Å²) in [6.45, 7) is 17.6. The fraction of sp³-hybridized carbons (Fsp3) is 0.455. The summed E-state index contributed by atoms with van der Waals surface area (Å²) in [5.74, 6) is 1.22. The second-order valence-electron chi connectivity index (χ2n) is 10.7. The van der Waals surface area contributed by atoms with Crippen LogP contribution in [0.1, 0.15) is 72.4 Å². The highest BCUT2D eigenvalue weighted by Gasteiger charge is 2.22. The van der Waals surface area contributed by atoms with Crippen LogP contribution in [0.5, 0.6) is 5.75 Å². The van der Waals surface area contributed by atoms with E-state index in [9.17, 15) is 5.21 Å². The lowest BCUT2D eigenvalue weighted by Crippen LogP contribution is -2.33. The molecule has 0 saturated heterocycles. The maximum absolute atomic E-state index is 11.2. The molecule has 0 fully saturated rings. The Hall–Kier alpha value is -2.78. The summed E-state index contributed by atoms with van der Waals surface area (Å²) in [7, 11) is 2.18. The number of thioether (sulfide) groups is 1. The third-order valence-electron chi connectivity index (χ3n) is 6.78. The Labute approximate surface area is 261 Å². The Morgan fingerprint density at radius 2 is 1.90 bits per heavy atom. The van der Waals surface area contributed by atoms with Gasteiger partial charge in [-0.3, -0.25) is 10.1 Å². The molecule has 0 saturated carbocycles. The minimum Gasteiger partial charge on any atom is -0.489 e. The van der Waals surface area contributed by atoms with E-state index in [-0.39, 0.29) is 16.9 Å². The molecule has 0 bridgehead atoms. The monoisotopic (exact) mass is 611 g/mol. The average molecular weight is 612 g/mol. The maximum Gasteiger partial charge on any atom is 0.229 e. The van der Waals surface area contributed by atoms with Gasteiger partial charge in [-0.2, -0.15) is 4.98 Å². The highest BCUT2D eigenvalue weighted by atomic mass is 35.5. The van der Waals surface area contributed by atoms with Gasteiger partial charge in [-0.15, -0.1) is 11.8 Å². The minimum atomic E-state index is -0.0180. The number of anilines is 4. The van der Waals surface area contributed by atoms with Crippen molar-refractivity contribution < 1.29 is 9.94 Å². The predicted octanol–water partition coefficient (Wildman–Crippen LogP) is 9.52. The summed E-state index contributed by atoms with van der Waals surface area (Å²) in [5, 5.41) is 16.1. The second kappa shape index (κ2) is 15.6. The van der Waals surface area contributed by atoms with Crippen molar-refractivity contribution in [2.45, 2.75) is 90.5 Å². The molecule has 0 amide bonds. The number of halogens is 1. The molecular weight excluding hydrogens is 566 g/mol. The Kier molecular flexibility index (Phi) is 12.5. The topological polar surface area (TPSA) is 73.8 Å². The van der Waals surface area contributed by atoms with E-state index in [1.54, 1.807) is 11.8 Å². The molecule has 42 heavy (non-hydrogen) atoms. The number of hydrogen-bond donors (Lipinski definition) is 2. The quantitative estimate of drug-likeness (QED) is 0.173. The molecule has 1 aliphatic heterocycles. The first-order valence-corrected chi connectivity index (χ1v) is 16.1. The number of nitrogens with one attached hydrogen (secondary N) is 1. The Bertz CT molecular complexity index is 1360. The number of likely N-dealkylation sites (N-methyl/N-ethyl adjacent to an activating group) is 1. The Balaban J connectivity index is 0.00000237. The predicted molar refractivity (Wildman–Crippen MR) is 179 cm³/mol. The van der Waals surface area contributed by atoms with Gasteiger partial charge in [0.05, 0.1) is 23.7 Å². The summed E-state index contributed by atoms with van der Waals surface area (Å²) < 4.78 is 6.26. The van der Waals surface area contributed by atoms with Crippen LogP contribution in [0.2, 0.25) is 5.02 Å². The van der Waals surface area contributed by atoms with E-state index < -0.39 is 0 Å². The molecule has 3 aromatic rings. The molecule has 7 nitrogen and oxygen atoms in total. The molecule has 0 spiro atoms. The number of hydrogen-bond acceptors (Lipinski definition) is 8. The van der Waals surface area contributed by atoms with Crippen molar-refractivity contribution in [3.8, 4) is 5.75 Å². The lowest BCUT2D eigenvalue weighted by atomic mass is 9.91. The molecule has 1 atom stereocenters. The van der Waals surface area contributed by atoms with Crippen LogP contribution in [0.15, 0.2) is 53.6 Å². The largest absolute Gasteiger partial charge is 0.489 e. The molecular formula is C33H46ClN5O2S. The van der Waals surface area contributed by atoms with Crippen LogP contribution in [0, 0.1) is 6.92 Å². The highest BCUT2D eigenvalue weighted by Crippen LogP contribution is 2.39. The van der Waals surface area contributed by atoms with Crippen molar-refractivity contribution in [1.29, 1.82) is 0 Å². The third-order valence-corrected chi connectivity index (χ3v) is 8.11. The smallest absolute Gasteiger partial charge is 0.229 e. The molecule has 4 rings (SSSR count). The molecule has 2 heterocycles. The lowest BCUT2D eigenvalue weighted by Gasteiger charge is -2.31. The van der Waals surface area contributed by atoms with E-state index >= 15 is 0 Å². The summed E-state index contributed by atoms with van der Waals surface area (Å²) in [6.07, 6.45) is 5.93. The summed E-state index contributed by atoms with van der Waals surface area (Å²) in [4.78, 5) is 12.3. The molecule has 2 N–H and O–H groups in total. The molecule has 1 aliphatic rings. The van der Waals surface area contributed by atoms with Gasteiger partial charge in [0.2, 0.25) is 5.95 Å². The SMILES string of the molecule is CC.CCC1C=C(c2cc(OC(C)C)c(Nc3ncc(Cl)c(N(O)c4ccccc4SC(C)C)n3)cc2C)CCN1C. The van der Waals surface area contributed by atoms with Gasteiger partial charge >= 0.3 is 0 Å². The van der Waals surface area contributed by atoms with E-state index in [1.165, 1.54) is 17.3 Å². The van der Waals surface area contributed by atoms with Crippen LogP contribution < -0.4 is 15.1 Å². The van der Waals surface area contributed by atoms with E-state index in [0.717, 1.165) is 46.3 Å². The standard InChI is InChI=1S/C31H40ClN5O2S.C2H6/c1-8-23-16-22(13-14-36(23)7)24-17-28(39-19(2)3)26(15-21(24)6)34-31-33-18-25(32)30(35-31)37(38)27-11-9-10-12-29(27)40-20(4)5;1-2/h9-12,15-20,23,38H,8,13-14H2,1-7H3,(H,33,34,35);1-2H3. The third kappa shape index (κ3) is 8.40. The van der Waals surface area contributed by atoms with E-state index in [1.807, 2.05) is 52.0 Å². The average Bonchev–Trinajstić information content (AvgIpc) is 2.96. The molecule has 0 radical (unpaired) electrons. The van der Waals surface area contributed by atoms with Gasteiger partial charge in [0, 0.05) is 22.7 Å². The van der Waals surface area contributed by atoms with Gasteiger partial charge in [0.15, 0.2) is 5.82 Å². The van der Waals surface area contributed by atoms with Crippen molar-refractivity contribution in [3.63, 3.8) is 0 Å². The first-order chi connectivity index (χ1) is 20.1. The second-order valence-corrected chi connectivity index (χ2v) is 12.7. The molecule has 2 aromatic carbocycles. The van der Waals surface area contributed by atoms with Crippen LogP contribution >= 0.6 is 23.4 Å². The zero-order valence-electron chi connectivity index (χ0n) is 26.4. The van der Waals surface area contributed by atoms with E-state index in [0.29, 0.717) is 22.9 Å². The van der Waals surface area contributed by atoms with Crippen LogP contribution in [0.3, 0.4) is 0 Å². The van der Waals surface area contributed by atoms with Crippen molar-refractivity contribution in [3.05, 3.63) is 64.8 Å². The first-order valence-electron chi connectivity index (χ1n) is 14.8. The summed E-state index contributed by atoms with van der Waals surface area (Å²) >= 11 is 8.13. The number of para-hydroxylation sites is 1. The van der Waals surface area contributed by atoms with Crippen molar-refractivity contribution in [1.82, 2.24) is 14.9 Å². The van der Waals surface area contributed by atoms with E-state index in [2.05, 4.69) is 73.1 Å². The van der Waals surface area contributed by atoms with Gasteiger partial charge in [-0.25, -0.2) is 10.0 Å². The van der Waals surface area contributed by atoms with Gasteiger partial charge in [-0.1, -0.05) is 64.4 Å². The number of benzene rings is 2. The number of rotatable bonds is 10. The van der Waals surface area contributed by atoms with E-state index in [4.69, 9.17) is 16.3 Å². The number of aryl methyl sites for hydroxylation is 1. The van der Waals surface area contributed by atoms with Crippen LogP contribution in [0.4, 0.5) is 23.1 Å². The highest BCUT2D eigenvalue weighted by molar-refractivity contribution is 8.00. The van der Waals surface area contributed by atoms with Gasteiger partial charge in [0.1, 0.15) is 10.8 Å². The van der Waals surface area contributed by atoms with Gasteiger partial charge < -0.3 is 10.1 Å². The molecule has 1 aromatic heterocycles. The summed E-state index contributed by atoms with van der Waals surface area (Å²) in [5.41, 5.74) is 5.05.